The number of thioether (sulfide) groups is 1. The zero-order valence-corrected chi connectivity index (χ0v) is 10.9. The Bertz CT molecular complexity index is 462. The van der Waals surface area contributed by atoms with Crippen molar-refractivity contribution in [3.05, 3.63) is 36.7 Å². The molecule has 1 saturated heterocycles. The standard InChI is InChI=1S/C12H15N3O2S/c1-9-7-12(2,17)15(14-9)11(16)8-18-10-5-3-4-6-13-10/h3-6,14,17H,1,7-8H2,2H3. The minimum Gasteiger partial charge on any atom is -0.369 e. The average Bonchev–Trinajstić information content (AvgIpc) is 2.61. The number of hydrogen-bond acceptors (Lipinski definition) is 5. The zero-order valence-electron chi connectivity index (χ0n) is 10.1. The quantitative estimate of drug-likeness (QED) is 0.802. The highest BCUT2D eigenvalue weighted by atomic mass is 32.2. The van der Waals surface area contributed by atoms with Crippen molar-refractivity contribution in [2.45, 2.75) is 24.1 Å². The average molecular weight is 265 g/mol. The van der Waals surface area contributed by atoms with Crippen molar-refractivity contribution in [2.75, 3.05) is 5.75 Å². The van der Waals surface area contributed by atoms with E-state index in [0.717, 1.165) is 5.03 Å². The van der Waals surface area contributed by atoms with E-state index in [1.807, 2.05) is 18.2 Å². The molecule has 0 radical (unpaired) electrons. The Balaban J connectivity index is 1.95. The number of carbonyl (C=O) groups is 1. The van der Waals surface area contributed by atoms with Gasteiger partial charge in [0.1, 0.15) is 0 Å². The van der Waals surface area contributed by atoms with E-state index < -0.39 is 5.72 Å². The molecule has 1 aliphatic rings. The van der Waals surface area contributed by atoms with E-state index in [1.165, 1.54) is 16.8 Å². The van der Waals surface area contributed by atoms with Gasteiger partial charge in [0, 0.05) is 18.3 Å². The summed E-state index contributed by atoms with van der Waals surface area (Å²) >= 11 is 1.33. The number of rotatable bonds is 3. The first-order chi connectivity index (χ1) is 8.49. The summed E-state index contributed by atoms with van der Waals surface area (Å²) in [5.41, 5.74) is 2.21. The molecular formula is C12H15N3O2S. The van der Waals surface area contributed by atoms with Gasteiger partial charge in [-0.2, -0.15) is 0 Å². The van der Waals surface area contributed by atoms with Crippen LogP contribution in [0.2, 0.25) is 0 Å². The Labute approximate surface area is 110 Å². The van der Waals surface area contributed by atoms with Crippen LogP contribution in [0.5, 0.6) is 0 Å². The summed E-state index contributed by atoms with van der Waals surface area (Å²) < 4.78 is 0. The van der Waals surface area contributed by atoms with Crippen LogP contribution in [0.15, 0.2) is 41.7 Å². The highest BCUT2D eigenvalue weighted by molar-refractivity contribution is 7.99. The molecule has 0 aromatic carbocycles. The Hall–Kier alpha value is -1.53. The number of nitrogens with one attached hydrogen (secondary N) is 1. The molecule has 2 rings (SSSR count). The fourth-order valence-electron chi connectivity index (χ4n) is 1.77. The van der Waals surface area contributed by atoms with E-state index >= 15 is 0 Å². The molecule has 0 bridgehead atoms. The first-order valence-corrected chi connectivity index (χ1v) is 6.51. The summed E-state index contributed by atoms with van der Waals surface area (Å²) in [5.74, 6) is 0.0160. The van der Waals surface area contributed by atoms with Crippen molar-refractivity contribution in [1.29, 1.82) is 0 Å². The van der Waals surface area contributed by atoms with Crippen LogP contribution in [0, 0.1) is 0 Å². The first-order valence-electron chi connectivity index (χ1n) is 5.53. The van der Waals surface area contributed by atoms with E-state index in [0.29, 0.717) is 12.1 Å². The molecular weight excluding hydrogens is 250 g/mol. The largest absolute Gasteiger partial charge is 0.369 e. The number of aliphatic hydroxyl groups is 1. The van der Waals surface area contributed by atoms with Gasteiger partial charge in [-0.1, -0.05) is 24.4 Å². The van der Waals surface area contributed by atoms with E-state index in [4.69, 9.17) is 0 Å². The van der Waals surface area contributed by atoms with Crippen molar-refractivity contribution < 1.29 is 9.90 Å². The van der Waals surface area contributed by atoms with E-state index in [-0.39, 0.29) is 11.7 Å². The van der Waals surface area contributed by atoms with Gasteiger partial charge in [-0.3, -0.25) is 10.2 Å². The molecule has 1 atom stereocenters. The fourth-order valence-corrected chi connectivity index (χ4v) is 2.48. The molecule has 1 unspecified atom stereocenters. The second-order valence-corrected chi connectivity index (χ2v) is 5.29. The molecule has 0 saturated carbocycles. The second kappa shape index (κ2) is 4.99. The van der Waals surface area contributed by atoms with Crippen molar-refractivity contribution in [2.24, 2.45) is 0 Å². The number of amides is 1. The number of carbonyl (C=O) groups excluding carboxylic acids is 1. The van der Waals surface area contributed by atoms with E-state index in [1.54, 1.807) is 13.1 Å². The van der Waals surface area contributed by atoms with Crippen LogP contribution in [0.25, 0.3) is 0 Å². The monoisotopic (exact) mass is 265 g/mol. The predicted molar refractivity (Wildman–Crippen MR) is 69.3 cm³/mol. The summed E-state index contributed by atoms with van der Waals surface area (Å²) in [7, 11) is 0. The number of pyridine rings is 1. The summed E-state index contributed by atoms with van der Waals surface area (Å²) in [5, 5.41) is 12.1. The SMILES string of the molecule is C=C1CC(C)(O)N(C(=O)CSc2ccccn2)N1. The molecule has 5 nitrogen and oxygen atoms in total. The molecule has 1 aromatic rings. The molecule has 96 valence electrons. The van der Waals surface area contributed by atoms with Gasteiger partial charge in [0.25, 0.3) is 5.91 Å². The third-order valence-electron chi connectivity index (χ3n) is 2.53. The maximum Gasteiger partial charge on any atom is 0.253 e. The maximum atomic E-state index is 12.0. The van der Waals surface area contributed by atoms with E-state index in [2.05, 4.69) is 17.0 Å². The molecule has 6 heteroatoms. The smallest absolute Gasteiger partial charge is 0.253 e. The minimum atomic E-state index is -1.21. The maximum absolute atomic E-state index is 12.0. The lowest BCUT2D eigenvalue weighted by molar-refractivity contribution is -0.152. The van der Waals surface area contributed by atoms with Crippen LogP contribution in [0.3, 0.4) is 0 Å². The van der Waals surface area contributed by atoms with Gasteiger partial charge in [-0.05, 0) is 19.1 Å². The van der Waals surface area contributed by atoms with Crippen LogP contribution < -0.4 is 5.43 Å². The van der Waals surface area contributed by atoms with Crippen molar-refractivity contribution in [3.8, 4) is 0 Å². The number of hydrogen-bond donors (Lipinski definition) is 2. The van der Waals surface area contributed by atoms with Gasteiger partial charge >= 0.3 is 0 Å². The van der Waals surface area contributed by atoms with Gasteiger partial charge in [-0.25, -0.2) is 9.99 Å². The molecule has 18 heavy (non-hydrogen) atoms. The number of aromatic nitrogens is 1. The summed E-state index contributed by atoms with van der Waals surface area (Å²) in [4.78, 5) is 16.1. The minimum absolute atomic E-state index is 0.200. The Kier molecular flexibility index (Phi) is 3.58. The van der Waals surface area contributed by atoms with Crippen LogP contribution in [0.1, 0.15) is 13.3 Å². The lowest BCUT2D eigenvalue weighted by atomic mass is 10.2. The van der Waals surface area contributed by atoms with Crippen LogP contribution in [0.4, 0.5) is 0 Å². The molecule has 1 aliphatic heterocycles. The Morgan fingerprint density at radius 2 is 2.50 bits per heavy atom. The van der Waals surface area contributed by atoms with Crippen molar-refractivity contribution in [1.82, 2.24) is 15.4 Å². The van der Waals surface area contributed by atoms with Crippen LogP contribution in [-0.4, -0.2) is 32.5 Å². The summed E-state index contributed by atoms with van der Waals surface area (Å²) in [6.45, 7) is 5.30. The Morgan fingerprint density at radius 1 is 1.72 bits per heavy atom. The van der Waals surface area contributed by atoms with Gasteiger partial charge in [0.2, 0.25) is 0 Å². The second-order valence-electron chi connectivity index (χ2n) is 4.29. The fraction of sp³-hybridized carbons (Fsp3) is 0.333. The number of nitrogens with zero attached hydrogens (tertiary/aromatic N) is 2. The number of hydrazine groups is 1. The molecule has 2 N–H and O–H groups in total. The van der Waals surface area contributed by atoms with E-state index in [9.17, 15) is 9.90 Å². The predicted octanol–water partition coefficient (Wildman–Crippen LogP) is 1.13. The van der Waals surface area contributed by atoms with Gasteiger partial charge in [0.15, 0.2) is 5.72 Å². The normalized spacial score (nSPS) is 23.0. The molecule has 1 amide bonds. The molecule has 1 aromatic heterocycles. The van der Waals surface area contributed by atoms with Crippen molar-refractivity contribution >= 4 is 17.7 Å². The van der Waals surface area contributed by atoms with Gasteiger partial charge in [0.05, 0.1) is 10.8 Å². The van der Waals surface area contributed by atoms with Crippen LogP contribution in [-0.2, 0) is 4.79 Å². The molecule has 2 heterocycles. The molecule has 1 fully saturated rings. The Morgan fingerprint density at radius 3 is 3.06 bits per heavy atom. The zero-order chi connectivity index (χ0) is 13.2. The molecule has 0 aliphatic carbocycles. The summed E-state index contributed by atoms with van der Waals surface area (Å²) in [6, 6.07) is 5.53. The summed E-state index contributed by atoms with van der Waals surface area (Å²) in [6.07, 6.45) is 2.02. The van der Waals surface area contributed by atoms with Crippen LogP contribution >= 0.6 is 11.8 Å². The topological polar surface area (TPSA) is 65.5 Å². The lowest BCUT2D eigenvalue weighted by Gasteiger charge is -2.28. The highest BCUT2D eigenvalue weighted by Crippen LogP contribution is 2.26. The van der Waals surface area contributed by atoms with Gasteiger partial charge < -0.3 is 5.11 Å². The third kappa shape index (κ3) is 2.83. The molecule has 0 spiro atoms. The highest BCUT2D eigenvalue weighted by Gasteiger charge is 2.39. The lowest BCUT2D eigenvalue weighted by Crippen LogP contribution is -2.50. The van der Waals surface area contributed by atoms with Gasteiger partial charge in [-0.15, -0.1) is 0 Å². The first kappa shape index (κ1) is 12.9. The van der Waals surface area contributed by atoms with Crippen molar-refractivity contribution in [3.63, 3.8) is 0 Å². The third-order valence-corrected chi connectivity index (χ3v) is 3.46.